The zero-order valence-electron chi connectivity index (χ0n) is 11.7. The molecule has 1 aliphatic rings. The van der Waals surface area contributed by atoms with Crippen molar-refractivity contribution in [2.45, 2.75) is 25.4 Å². The van der Waals surface area contributed by atoms with E-state index in [2.05, 4.69) is 27.1 Å². The Balaban J connectivity index is 1.88. The molecular weight excluding hydrogens is 248 g/mol. The van der Waals surface area contributed by atoms with E-state index in [-0.39, 0.29) is 0 Å². The fourth-order valence-electron chi connectivity index (χ4n) is 2.49. The molecule has 1 saturated carbocycles. The maximum Gasteiger partial charge on any atom is 0.0983 e. The number of pyridine rings is 1. The molecule has 4 nitrogen and oxygen atoms in total. The largest absolute Gasteiger partial charge is 0.285 e. The summed E-state index contributed by atoms with van der Waals surface area (Å²) < 4.78 is 1.86. The fraction of sp³-hybridized carbons (Fsp3) is 0.375. The molecule has 1 fully saturated rings. The highest BCUT2D eigenvalue weighted by molar-refractivity contribution is 5.61. The fourth-order valence-corrected chi connectivity index (χ4v) is 2.49. The van der Waals surface area contributed by atoms with Gasteiger partial charge >= 0.3 is 0 Å². The van der Waals surface area contributed by atoms with Crippen LogP contribution in [-0.4, -0.2) is 32.3 Å². The molecule has 0 atom stereocenters. The van der Waals surface area contributed by atoms with Gasteiger partial charge in [-0.1, -0.05) is 5.92 Å². The lowest BCUT2D eigenvalue weighted by molar-refractivity contribution is 0.288. The van der Waals surface area contributed by atoms with Crippen molar-refractivity contribution in [3.63, 3.8) is 0 Å². The van der Waals surface area contributed by atoms with Crippen LogP contribution in [-0.2, 0) is 13.6 Å². The van der Waals surface area contributed by atoms with E-state index in [9.17, 15) is 0 Å². The quantitative estimate of drug-likeness (QED) is 0.777. The van der Waals surface area contributed by atoms with Crippen molar-refractivity contribution < 1.29 is 0 Å². The molecule has 0 radical (unpaired) electrons. The summed E-state index contributed by atoms with van der Waals surface area (Å²) in [5.41, 5.74) is 3.27. The molecular formula is C16H18N4. The van der Waals surface area contributed by atoms with E-state index in [1.807, 2.05) is 30.1 Å². The van der Waals surface area contributed by atoms with E-state index in [0.29, 0.717) is 12.6 Å². The normalized spacial score (nSPS) is 14.4. The van der Waals surface area contributed by atoms with Gasteiger partial charge in [-0.3, -0.25) is 14.6 Å². The van der Waals surface area contributed by atoms with Crippen LogP contribution in [0.3, 0.4) is 0 Å². The SMILES string of the molecule is C#CCN(Cc1cn(C)nc1-c1cccnc1)C1CC1. The number of aryl methyl sites for hydroxylation is 1. The van der Waals surface area contributed by atoms with Gasteiger partial charge in [0.2, 0.25) is 0 Å². The molecule has 102 valence electrons. The Labute approximate surface area is 119 Å². The second kappa shape index (κ2) is 5.48. The maximum atomic E-state index is 5.48. The molecule has 20 heavy (non-hydrogen) atoms. The first kappa shape index (κ1) is 12.9. The van der Waals surface area contributed by atoms with Gasteiger partial charge in [-0.25, -0.2) is 0 Å². The molecule has 0 unspecified atom stereocenters. The van der Waals surface area contributed by atoms with E-state index < -0.39 is 0 Å². The van der Waals surface area contributed by atoms with Crippen LogP contribution in [0, 0.1) is 12.3 Å². The van der Waals surface area contributed by atoms with E-state index >= 15 is 0 Å². The Hall–Kier alpha value is -2.12. The molecule has 4 heteroatoms. The molecule has 0 aromatic carbocycles. The van der Waals surface area contributed by atoms with Gasteiger partial charge in [0.25, 0.3) is 0 Å². The smallest absolute Gasteiger partial charge is 0.0983 e. The molecule has 3 rings (SSSR count). The number of hydrogen-bond acceptors (Lipinski definition) is 3. The van der Waals surface area contributed by atoms with Gasteiger partial charge in [-0.05, 0) is 25.0 Å². The van der Waals surface area contributed by atoms with Crippen molar-refractivity contribution in [1.82, 2.24) is 19.7 Å². The highest BCUT2D eigenvalue weighted by Crippen LogP contribution is 2.30. The minimum absolute atomic E-state index is 0.646. The summed E-state index contributed by atoms with van der Waals surface area (Å²) >= 11 is 0. The van der Waals surface area contributed by atoms with Gasteiger partial charge in [-0.2, -0.15) is 5.10 Å². The van der Waals surface area contributed by atoms with Gasteiger partial charge in [0, 0.05) is 49.4 Å². The molecule has 1 aliphatic carbocycles. The lowest BCUT2D eigenvalue weighted by Crippen LogP contribution is -2.25. The van der Waals surface area contributed by atoms with Crippen LogP contribution in [0.25, 0.3) is 11.3 Å². The minimum Gasteiger partial charge on any atom is -0.285 e. The Morgan fingerprint density at radius 2 is 2.35 bits per heavy atom. The lowest BCUT2D eigenvalue weighted by atomic mass is 10.1. The first-order valence-electron chi connectivity index (χ1n) is 6.88. The van der Waals surface area contributed by atoms with Gasteiger partial charge in [0.15, 0.2) is 0 Å². The zero-order chi connectivity index (χ0) is 13.9. The highest BCUT2D eigenvalue weighted by Gasteiger charge is 2.29. The summed E-state index contributed by atoms with van der Waals surface area (Å²) in [7, 11) is 1.95. The van der Waals surface area contributed by atoms with Gasteiger partial charge < -0.3 is 0 Å². The molecule has 2 aromatic rings. The third-order valence-electron chi connectivity index (χ3n) is 3.57. The molecule has 0 aliphatic heterocycles. The summed E-state index contributed by atoms with van der Waals surface area (Å²) in [6, 6.07) is 4.63. The maximum absolute atomic E-state index is 5.48. The monoisotopic (exact) mass is 266 g/mol. The van der Waals surface area contributed by atoms with Crippen molar-refractivity contribution in [3.8, 4) is 23.6 Å². The van der Waals surface area contributed by atoms with Crippen molar-refractivity contribution in [2.75, 3.05) is 6.54 Å². The van der Waals surface area contributed by atoms with E-state index in [1.165, 1.54) is 18.4 Å². The number of rotatable bonds is 5. The Kier molecular flexibility index (Phi) is 3.53. The van der Waals surface area contributed by atoms with Crippen LogP contribution >= 0.6 is 0 Å². The summed E-state index contributed by atoms with van der Waals surface area (Å²) in [6.45, 7) is 1.55. The number of terminal acetylenes is 1. The van der Waals surface area contributed by atoms with Crippen LogP contribution in [0.2, 0.25) is 0 Å². The molecule has 0 N–H and O–H groups in total. The Bertz CT molecular complexity index is 620. The summed E-state index contributed by atoms with van der Waals surface area (Å²) in [5, 5.41) is 4.57. The van der Waals surface area contributed by atoms with Crippen LogP contribution < -0.4 is 0 Å². The van der Waals surface area contributed by atoms with E-state index in [0.717, 1.165) is 17.8 Å². The third-order valence-corrected chi connectivity index (χ3v) is 3.57. The van der Waals surface area contributed by atoms with Crippen molar-refractivity contribution >= 4 is 0 Å². The molecule has 2 aromatic heterocycles. The first-order valence-corrected chi connectivity index (χ1v) is 6.88. The second-order valence-electron chi connectivity index (χ2n) is 5.26. The average Bonchev–Trinajstić information content (AvgIpc) is 3.24. The van der Waals surface area contributed by atoms with Crippen LogP contribution in [0.1, 0.15) is 18.4 Å². The van der Waals surface area contributed by atoms with Gasteiger partial charge in [-0.15, -0.1) is 6.42 Å². The number of hydrogen-bond donors (Lipinski definition) is 0. The Morgan fingerprint density at radius 1 is 1.50 bits per heavy atom. The zero-order valence-corrected chi connectivity index (χ0v) is 11.7. The molecule has 2 heterocycles. The average molecular weight is 266 g/mol. The molecule has 0 amide bonds. The number of aromatic nitrogens is 3. The van der Waals surface area contributed by atoms with Crippen LogP contribution in [0.4, 0.5) is 0 Å². The first-order chi connectivity index (χ1) is 9.78. The molecule has 0 saturated heterocycles. The summed E-state index contributed by atoms with van der Waals surface area (Å²) in [5.74, 6) is 2.76. The van der Waals surface area contributed by atoms with Gasteiger partial charge in [0.1, 0.15) is 0 Å². The summed E-state index contributed by atoms with van der Waals surface area (Å²) in [4.78, 5) is 6.54. The molecule has 0 spiro atoms. The summed E-state index contributed by atoms with van der Waals surface area (Å²) in [6.07, 6.45) is 13.7. The second-order valence-corrected chi connectivity index (χ2v) is 5.26. The topological polar surface area (TPSA) is 34.0 Å². The predicted molar refractivity (Wildman–Crippen MR) is 78.7 cm³/mol. The molecule has 0 bridgehead atoms. The predicted octanol–water partition coefficient (Wildman–Crippen LogP) is 2.08. The Morgan fingerprint density at radius 3 is 3.00 bits per heavy atom. The standard InChI is InChI=1S/C16H18N4/c1-3-9-20(15-6-7-15)12-14-11-19(2)18-16(14)13-5-4-8-17-10-13/h1,4-5,8,10-11,15H,6-7,9,12H2,2H3. The lowest BCUT2D eigenvalue weighted by Gasteiger charge is -2.18. The van der Waals surface area contributed by atoms with Crippen molar-refractivity contribution in [3.05, 3.63) is 36.3 Å². The minimum atomic E-state index is 0.646. The van der Waals surface area contributed by atoms with Crippen LogP contribution in [0.15, 0.2) is 30.7 Å². The van der Waals surface area contributed by atoms with Crippen molar-refractivity contribution in [2.24, 2.45) is 7.05 Å². The van der Waals surface area contributed by atoms with Crippen LogP contribution in [0.5, 0.6) is 0 Å². The van der Waals surface area contributed by atoms with E-state index in [4.69, 9.17) is 6.42 Å². The third kappa shape index (κ3) is 2.73. The van der Waals surface area contributed by atoms with Crippen molar-refractivity contribution in [1.29, 1.82) is 0 Å². The number of nitrogens with zero attached hydrogens (tertiary/aromatic N) is 4. The van der Waals surface area contributed by atoms with E-state index in [1.54, 1.807) is 6.20 Å². The van der Waals surface area contributed by atoms with Gasteiger partial charge in [0.05, 0.1) is 12.2 Å². The highest BCUT2D eigenvalue weighted by atomic mass is 15.3.